The molecule has 0 radical (unpaired) electrons. The van der Waals surface area contributed by atoms with E-state index in [1.54, 1.807) is 0 Å². The predicted octanol–water partition coefficient (Wildman–Crippen LogP) is 2.96. The third-order valence-corrected chi connectivity index (χ3v) is 6.82. The van der Waals surface area contributed by atoms with Gasteiger partial charge in [-0.25, -0.2) is 0 Å². The summed E-state index contributed by atoms with van der Waals surface area (Å²) in [6.45, 7) is 0. The van der Waals surface area contributed by atoms with Gasteiger partial charge in [-0.2, -0.15) is 0 Å². The van der Waals surface area contributed by atoms with Crippen LogP contribution in [0.3, 0.4) is 0 Å². The van der Waals surface area contributed by atoms with E-state index < -0.39 is 14.5 Å². The summed E-state index contributed by atoms with van der Waals surface area (Å²) in [4.78, 5) is 0. The molecule has 2 aliphatic heterocycles. The standard InChI is InChI=1S/C18H12O2.Al/c19-18-12-5-4-11-17(18)14-7-6-10-16(13-14)20-15-8-2-1-3-9-15;/h1-8,10-12,19H;/q;+1/p-1. The third kappa shape index (κ3) is 1.53. The van der Waals surface area contributed by atoms with Crippen molar-refractivity contribution in [3.05, 3.63) is 66.7 Å². The van der Waals surface area contributed by atoms with Crippen LogP contribution in [0.4, 0.5) is 0 Å². The summed E-state index contributed by atoms with van der Waals surface area (Å²) < 4.78 is 15.0. The van der Waals surface area contributed by atoms with E-state index in [1.807, 2.05) is 24.3 Å². The van der Waals surface area contributed by atoms with Crippen LogP contribution in [0.25, 0.3) is 11.1 Å². The highest BCUT2D eigenvalue weighted by Gasteiger charge is 2.43. The first-order chi connectivity index (χ1) is 10.4. The number of hydrogen-bond acceptors (Lipinski definition) is 2. The Morgan fingerprint density at radius 2 is 1.33 bits per heavy atom. The van der Waals surface area contributed by atoms with E-state index in [1.165, 1.54) is 20.0 Å². The highest BCUT2D eigenvalue weighted by molar-refractivity contribution is 6.84. The number of hydrogen-bond donors (Lipinski definition) is 0. The minimum absolute atomic E-state index is 0.943. The van der Waals surface area contributed by atoms with Gasteiger partial charge in [-0.3, -0.25) is 0 Å². The number of ether oxygens (including phenoxy) is 1. The Kier molecular flexibility index (Phi) is 2.26. The molecule has 3 heteroatoms. The summed E-state index contributed by atoms with van der Waals surface area (Å²) in [5.41, 5.74) is 2.43. The minimum Gasteiger partial charge on any atom is -0.636 e. The first kappa shape index (κ1) is 11.5. The Morgan fingerprint density at radius 3 is 2.29 bits per heavy atom. The largest absolute Gasteiger partial charge is 0.639 e. The van der Waals surface area contributed by atoms with E-state index in [-0.39, 0.29) is 0 Å². The van der Waals surface area contributed by atoms with Crippen molar-refractivity contribution in [3.8, 4) is 28.4 Å². The average molecular weight is 286 g/mol. The monoisotopic (exact) mass is 286 g/mol. The second kappa shape index (κ2) is 4.14. The van der Waals surface area contributed by atoms with Crippen LogP contribution in [0.5, 0.6) is 17.2 Å². The molecule has 5 rings (SSSR count). The number of fused-ring (bicyclic) bond motifs is 4. The van der Waals surface area contributed by atoms with E-state index in [2.05, 4.69) is 42.5 Å². The maximum Gasteiger partial charge on any atom is 0.639 e. The fourth-order valence-electron chi connectivity index (χ4n) is 3.24. The molecule has 2 aliphatic rings. The van der Waals surface area contributed by atoms with Crippen LogP contribution in [0.15, 0.2) is 66.7 Å². The van der Waals surface area contributed by atoms with E-state index in [0.29, 0.717) is 0 Å². The average Bonchev–Trinajstić information content (AvgIpc) is 2.55. The predicted molar refractivity (Wildman–Crippen MR) is 84.0 cm³/mol. The van der Waals surface area contributed by atoms with Crippen molar-refractivity contribution >= 4 is 23.3 Å². The molecule has 2 heterocycles. The second-order valence-electron chi connectivity index (χ2n) is 5.35. The molecule has 98 valence electrons. The fourth-order valence-corrected chi connectivity index (χ4v) is 5.91. The van der Waals surface area contributed by atoms with Crippen LogP contribution in [0.2, 0.25) is 0 Å². The molecule has 0 atom stereocenters. The highest BCUT2D eigenvalue weighted by atomic mass is 27.2. The smallest absolute Gasteiger partial charge is 0.636 e. The molecule has 0 aromatic heterocycles. The van der Waals surface area contributed by atoms with Crippen molar-refractivity contribution in [1.82, 2.24) is 0 Å². The molecule has 0 fully saturated rings. The van der Waals surface area contributed by atoms with Gasteiger partial charge >= 0.3 is 14.5 Å². The maximum absolute atomic E-state index is 6.43. The van der Waals surface area contributed by atoms with Crippen LogP contribution in [-0.4, -0.2) is 14.5 Å². The van der Waals surface area contributed by atoms with Crippen LogP contribution in [-0.2, 0) is 0 Å². The SMILES string of the molecule is c1ccc2c(c1)[O][Al]1[c]3ccccc3Oc3cccc-2[c]31. The summed E-state index contributed by atoms with van der Waals surface area (Å²) in [5.74, 6) is 2.89. The van der Waals surface area contributed by atoms with Crippen LogP contribution in [0, 0.1) is 0 Å². The Bertz CT molecular complexity index is 873. The molecular weight excluding hydrogens is 275 g/mol. The Morgan fingerprint density at radius 1 is 0.619 bits per heavy atom. The lowest BCUT2D eigenvalue weighted by Crippen LogP contribution is -2.53. The fraction of sp³-hybridized carbons (Fsp3) is 0. The van der Waals surface area contributed by atoms with Gasteiger partial charge in [-0.05, 0) is 32.6 Å². The number of rotatable bonds is 0. The molecule has 0 saturated heterocycles. The van der Waals surface area contributed by atoms with Crippen molar-refractivity contribution in [3.63, 3.8) is 0 Å². The second-order valence-corrected chi connectivity index (χ2v) is 7.55. The number of benzene rings is 3. The summed E-state index contributed by atoms with van der Waals surface area (Å²) in [7, 11) is 0. The molecule has 0 unspecified atom stereocenters. The first-order valence-electron chi connectivity index (χ1n) is 7.07. The molecular formula is C18H11AlO2. The molecule has 3 aromatic carbocycles. The van der Waals surface area contributed by atoms with Crippen molar-refractivity contribution < 1.29 is 8.53 Å². The Hall–Kier alpha value is -2.21. The van der Waals surface area contributed by atoms with Gasteiger partial charge in [0.25, 0.3) is 0 Å². The van der Waals surface area contributed by atoms with Gasteiger partial charge in [0.05, 0.1) is 5.75 Å². The Balaban J connectivity index is 1.85. The summed E-state index contributed by atoms with van der Waals surface area (Å²) in [6, 6.07) is 22.8. The minimum atomic E-state index is -1.72. The van der Waals surface area contributed by atoms with Gasteiger partial charge < -0.3 is 8.53 Å². The van der Waals surface area contributed by atoms with Gasteiger partial charge in [0, 0.05) is 5.56 Å². The molecule has 0 spiro atoms. The molecule has 0 aliphatic carbocycles. The topological polar surface area (TPSA) is 18.5 Å². The molecule has 2 nitrogen and oxygen atoms in total. The molecule has 0 saturated carbocycles. The van der Waals surface area contributed by atoms with Gasteiger partial charge in [0.2, 0.25) is 0 Å². The van der Waals surface area contributed by atoms with Crippen molar-refractivity contribution in [2.45, 2.75) is 0 Å². The van der Waals surface area contributed by atoms with Crippen molar-refractivity contribution in [1.29, 1.82) is 0 Å². The Labute approximate surface area is 127 Å². The van der Waals surface area contributed by atoms with Gasteiger partial charge in [-0.15, -0.1) is 0 Å². The summed E-state index contributed by atoms with van der Waals surface area (Å²) >= 11 is -1.72. The third-order valence-electron chi connectivity index (χ3n) is 4.17. The zero-order valence-electron chi connectivity index (χ0n) is 11.2. The van der Waals surface area contributed by atoms with Gasteiger partial charge in [0.1, 0.15) is 11.5 Å². The van der Waals surface area contributed by atoms with E-state index in [9.17, 15) is 0 Å². The molecule has 0 amide bonds. The lowest BCUT2D eigenvalue weighted by atomic mass is 10.0. The zero-order valence-corrected chi connectivity index (χ0v) is 12.4. The van der Waals surface area contributed by atoms with Crippen molar-refractivity contribution in [2.75, 3.05) is 0 Å². The summed E-state index contributed by atoms with van der Waals surface area (Å²) in [5, 5.41) is 0. The zero-order chi connectivity index (χ0) is 13.8. The van der Waals surface area contributed by atoms with Gasteiger partial charge in [-0.1, -0.05) is 48.5 Å². The molecule has 3 aromatic rings. The molecule has 0 bridgehead atoms. The quantitative estimate of drug-likeness (QED) is 0.592. The molecule has 21 heavy (non-hydrogen) atoms. The lowest BCUT2D eigenvalue weighted by Gasteiger charge is -2.32. The number of para-hydroxylation sites is 2. The van der Waals surface area contributed by atoms with Crippen molar-refractivity contribution in [2.24, 2.45) is 0 Å². The van der Waals surface area contributed by atoms with Crippen LogP contribution in [0.1, 0.15) is 0 Å². The van der Waals surface area contributed by atoms with E-state index in [4.69, 9.17) is 8.53 Å². The lowest BCUT2D eigenvalue weighted by molar-refractivity contribution is 0.479. The van der Waals surface area contributed by atoms with Gasteiger partial charge in [0.15, 0.2) is 0 Å². The molecule has 0 N–H and O–H groups in total. The summed E-state index contributed by atoms with van der Waals surface area (Å²) in [6.07, 6.45) is 0. The first-order valence-corrected chi connectivity index (χ1v) is 8.70. The van der Waals surface area contributed by atoms with Crippen LogP contribution >= 0.6 is 0 Å². The maximum atomic E-state index is 6.43. The highest BCUT2D eigenvalue weighted by Crippen LogP contribution is 2.38. The normalized spacial score (nSPS) is 13.4. The van der Waals surface area contributed by atoms with E-state index in [0.717, 1.165) is 17.2 Å². The van der Waals surface area contributed by atoms with E-state index >= 15 is 0 Å². The van der Waals surface area contributed by atoms with Crippen LogP contribution < -0.4 is 17.4 Å².